The van der Waals surface area contributed by atoms with Crippen molar-refractivity contribution in [2.24, 2.45) is 0 Å². The van der Waals surface area contributed by atoms with Crippen LogP contribution in [0, 0.1) is 5.82 Å². The molecule has 0 spiro atoms. The van der Waals surface area contributed by atoms with Crippen LogP contribution in [0.3, 0.4) is 0 Å². The highest BCUT2D eigenvalue weighted by Crippen LogP contribution is 2.24. The molecule has 0 fully saturated rings. The fourth-order valence-electron chi connectivity index (χ4n) is 1.20. The molecule has 4 nitrogen and oxygen atoms in total. The predicted molar refractivity (Wildman–Crippen MR) is 60.6 cm³/mol. The van der Waals surface area contributed by atoms with E-state index >= 15 is 0 Å². The molecule has 2 amide bonds. The number of hydrogen-bond donors (Lipinski definition) is 2. The third-order valence-electron chi connectivity index (χ3n) is 2.21. The second-order valence-electron chi connectivity index (χ2n) is 3.25. The van der Waals surface area contributed by atoms with Crippen LogP contribution < -0.4 is 5.32 Å². The lowest BCUT2D eigenvalue weighted by Gasteiger charge is -2.22. The number of carbonyl (C=O) groups excluding carboxylic acids is 1. The van der Waals surface area contributed by atoms with Crippen molar-refractivity contribution in [3.05, 3.63) is 34.1 Å². The molecule has 16 heavy (non-hydrogen) atoms. The summed E-state index contributed by atoms with van der Waals surface area (Å²) in [4.78, 5) is 11.2. The van der Waals surface area contributed by atoms with Crippen molar-refractivity contribution in [1.82, 2.24) is 10.4 Å². The van der Waals surface area contributed by atoms with E-state index in [1.54, 1.807) is 6.92 Å². The maximum absolute atomic E-state index is 13.0. The molecule has 0 bridgehead atoms. The zero-order valence-corrected chi connectivity index (χ0v) is 10.5. The highest BCUT2D eigenvalue weighted by atomic mass is 79.9. The normalized spacial score (nSPS) is 12.1. The van der Waals surface area contributed by atoms with Gasteiger partial charge in [-0.1, -0.05) is 6.07 Å². The number of nitrogens with one attached hydrogen (secondary N) is 1. The number of hydroxylamine groups is 2. The molecule has 0 aliphatic rings. The smallest absolute Gasteiger partial charge is 0.339 e. The Balaban J connectivity index is 2.91. The Kier molecular flexibility index (Phi) is 4.26. The fourth-order valence-corrected chi connectivity index (χ4v) is 1.60. The van der Waals surface area contributed by atoms with Crippen LogP contribution in [0.25, 0.3) is 0 Å². The van der Waals surface area contributed by atoms with Gasteiger partial charge in [-0.15, -0.1) is 0 Å². The van der Waals surface area contributed by atoms with Crippen molar-refractivity contribution in [2.75, 3.05) is 7.05 Å². The molecular formula is C10H12BrFN2O2. The van der Waals surface area contributed by atoms with Crippen LogP contribution in [0.2, 0.25) is 0 Å². The average molecular weight is 291 g/mol. The number of hydrogen-bond acceptors (Lipinski definition) is 2. The Morgan fingerprint density at radius 2 is 2.25 bits per heavy atom. The van der Waals surface area contributed by atoms with Crippen LogP contribution in [0.4, 0.5) is 9.18 Å². The third-order valence-corrected chi connectivity index (χ3v) is 2.82. The highest BCUT2D eigenvalue weighted by molar-refractivity contribution is 9.10. The SMILES string of the molecule is CNC(=O)N(O)C(C)c1ccc(F)c(Br)c1. The molecule has 0 aromatic heterocycles. The van der Waals surface area contributed by atoms with E-state index in [0.717, 1.165) is 0 Å². The minimum absolute atomic E-state index is 0.294. The van der Waals surface area contributed by atoms with Crippen molar-refractivity contribution in [3.63, 3.8) is 0 Å². The van der Waals surface area contributed by atoms with Crippen molar-refractivity contribution in [3.8, 4) is 0 Å². The first-order valence-corrected chi connectivity index (χ1v) is 5.41. The number of halogens is 2. The van der Waals surface area contributed by atoms with Crippen molar-refractivity contribution < 1.29 is 14.4 Å². The second kappa shape index (κ2) is 5.27. The Morgan fingerprint density at radius 3 is 2.75 bits per heavy atom. The molecule has 0 saturated heterocycles. The maximum atomic E-state index is 13.0. The zero-order chi connectivity index (χ0) is 12.3. The van der Waals surface area contributed by atoms with Gasteiger partial charge in [0.2, 0.25) is 0 Å². The molecule has 0 radical (unpaired) electrons. The Hall–Kier alpha value is -1.14. The predicted octanol–water partition coefficient (Wildman–Crippen LogP) is 2.68. The van der Waals surface area contributed by atoms with Gasteiger partial charge in [0.05, 0.1) is 10.5 Å². The van der Waals surface area contributed by atoms with E-state index in [-0.39, 0.29) is 5.82 Å². The van der Waals surface area contributed by atoms with Crippen LogP contribution in [0.1, 0.15) is 18.5 Å². The number of benzene rings is 1. The van der Waals surface area contributed by atoms with Crippen LogP contribution in [0.5, 0.6) is 0 Å². The molecule has 88 valence electrons. The monoisotopic (exact) mass is 290 g/mol. The molecule has 2 N–H and O–H groups in total. The van der Waals surface area contributed by atoms with Crippen LogP contribution in [-0.2, 0) is 0 Å². The summed E-state index contributed by atoms with van der Waals surface area (Å²) < 4.78 is 13.3. The molecule has 0 aliphatic heterocycles. The lowest BCUT2D eigenvalue weighted by atomic mass is 10.1. The van der Waals surface area contributed by atoms with Gasteiger partial charge in [-0.25, -0.2) is 9.18 Å². The minimum Gasteiger partial charge on any atom is -0.339 e. The van der Waals surface area contributed by atoms with E-state index in [9.17, 15) is 14.4 Å². The Labute approximate surface area is 101 Å². The van der Waals surface area contributed by atoms with Crippen molar-refractivity contribution in [1.29, 1.82) is 0 Å². The van der Waals surface area contributed by atoms with Gasteiger partial charge >= 0.3 is 6.03 Å². The van der Waals surface area contributed by atoms with E-state index in [1.807, 2.05) is 0 Å². The number of amides is 2. The number of nitrogens with zero attached hydrogens (tertiary/aromatic N) is 1. The summed E-state index contributed by atoms with van der Waals surface area (Å²) >= 11 is 3.04. The maximum Gasteiger partial charge on any atom is 0.341 e. The van der Waals surface area contributed by atoms with Gasteiger partial charge in [0.1, 0.15) is 5.82 Å². The third kappa shape index (κ3) is 2.70. The van der Waals surface area contributed by atoms with Crippen molar-refractivity contribution in [2.45, 2.75) is 13.0 Å². The van der Waals surface area contributed by atoms with Gasteiger partial charge in [0.25, 0.3) is 0 Å². The minimum atomic E-state index is -0.618. The molecule has 0 aliphatic carbocycles. The number of rotatable bonds is 2. The molecular weight excluding hydrogens is 279 g/mol. The summed E-state index contributed by atoms with van der Waals surface area (Å²) in [5, 5.41) is 12.4. The first-order chi connectivity index (χ1) is 7.47. The van der Waals surface area contributed by atoms with E-state index in [2.05, 4.69) is 21.2 Å². The van der Waals surface area contributed by atoms with Gasteiger partial charge < -0.3 is 5.32 Å². The van der Waals surface area contributed by atoms with Gasteiger partial charge in [0.15, 0.2) is 0 Å². The van der Waals surface area contributed by atoms with Gasteiger partial charge in [0, 0.05) is 7.05 Å². The summed E-state index contributed by atoms with van der Waals surface area (Å²) in [6.45, 7) is 1.63. The quantitative estimate of drug-likeness (QED) is 0.650. The van der Waals surface area contributed by atoms with Crippen LogP contribution >= 0.6 is 15.9 Å². The van der Waals surface area contributed by atoms with E-state index in [4.69, 9.17) is 0 Å². The molecule has 1 rings (SSSR count). The average Bonchev–Trinajstić information content (AvgIpc) is 2.29. The summed E-state index contributed by atoms with van der Waals surface area (Å²) in [7, 11) is 1.42. The largest absolute Gasteiger partial charge is 0.341 e. The zero-order valence-electron chi connectivity index (χ0n) is 8.87. The number of urea groups is 1. The van der Waals surface area contributed by atoms with Gasteiger partial charge in [-0.2, -0.15) is 5.06 Å². The molecule has 1 unspecified atom stereocenters. The lowest BCUT2D eigenvalue weighted by molar-refractivity contribution is -0.0738. The molecule has 0 saturated carbocycles. The molecule has 1 aromatic carbocycles. The topological polar surface area (TPSA) is 52.6 Å². The first-order valence-electron chi connectivity index (χ1n) is 4.62. The Bertz CT molecular complexity index is 400. The summed E-state index contributed by atoms with van der Waals surface area (Å²) in [5.74, 6) is -0.389. The summed E-state index contributed by atoms with van der Waals surface area (Å²) in [6.07, 6.45) is 0. The van der Waals surface area contributed by atoms with E-state index in [1.165, 1.54) is 25.2 Å². The second-order valence-corrected chi connectivity index (χ2v) is 4.10. The molecule has 6 heteroatoms. The molecule has 1 atom stereocenters. The highest BCUT2D eigenvalue weighted by Gasteiger charge is 2.19. The number of carbonyl (C=O) groups is 1. The van der Waals surface area contributed by atoms with Crippen molar-refractivity contribution >= 4 is 22.0 Å². The Morgan fingerprint density at radius 1 is 1.62 bits per heavy atom. The van der Waals surface area contributed by atoms with E-state index < -0.39 is 12.1 Å². The summed E-state index contributed by atoms with van der Waals surface area (Å²) in [6, 6.07) is 3.13. The van der Waals surface area contributed by atoms with E-state index in [0.29, 0.717) is 15.1 Å². The molecule has 0 heterocycles. The first kappa shape index (κ1) is 12.9. The molecule has 1 aromatic rings. The standard InChI is InChI=1S/C10H12BrFN2O2/c1-6(14(16)10(15)13-2)7-3-4-9(12)8(11)5-7/h3-6,16H,1-2H3,(H,13,15). The van der Waals surface area contributed by atoms with Gasteiger partial charge in [-0.3, -0.25) is 5.21 Å². The van der Waals surface area contributed by atoms with Gasteiger partial charge in [-0.05, 0) is 40.5 Å². The fraction of sp³-hybridized carbons (Fsp3) is 0.300. The summed E-state index contributed by atoms with van der Waals surface area (Å²) in [5.41, 5.74) is 0.624. The van der Waals surface area contributed by atoms with Crippen LogP contribution in [-0.4, -0.2) is 23.3 Å². The lowest BCUT2D eigenvalue weighted by Crippen LogP contribution is -2.37. The van der Waals surface area contributed by atoms with Crippen LogP contribution in [0.15, 0.2) is 22.7 Å².